The Balaban J connectivity index is 2.33. The molecule has 2 aromatic heterocycles. The zero-order chi connectivity index (χ0) is 17.4. The maximum absolute atomic E-state index is 14.3. The predicted octanol–water partition coefficient (Wildman–Crippen LogP) is 4.48. The van der Waals surface area contributed by atoms with E-state index in [0.29, 0.717) is 33.0 Å². The zero-order valence-electron chi connectivity index (χ0n) is 12.7. The summed E-state index contributed by atoms with van der Waals surface area (Å²) in [7, 11) is 0. The van der Waals surface area contributed by atoms with Gasteiger partial charge in [0.1, 0.15) is 11.6 Å². The second kappa shape index (κ2) is 6.04. The monoisotopic (exact) mass is 350 g/mol. The average Bonchev–Trinajstić information content (AvgIpc) is 3.07. The fraction of sp³-hybridized carbons (Fsp3) is 0.125. The minimum Gasteiger partial charge on any atom is -0.505 e. The van der Waals surface area contributed by atoms with Crippen molar-refractivity contribution in [2.24, 2.45) is 5.16 Å². The van der Waals surface area contributed by atoms with Crippen LogP contribution in [0, 0.1) is 25.5 Å². The van der Waals surface area contributed by atoms with E-state index in [-0.39, 0.29) is 5.56 Å². The minimum atomic E-state index is -0.931. The van der Waals surface area contributed by atoms with Crippen LogP contribution in [0.1, 0.15) is 16.3 Å². The third-order valence-corrected chi connectivity index (χ3v) is 4.52. The van der Waals surface area contributed by atoms with Crippen molar-refractivity contribution >= 4 is 17.6 Å². The van der Waals surface area contributed by atoms with E-state index in [4.69, 9.17) is 9.73 Å². The van der Waals surface area contributed by atoms with Crippen molar-refractivity contribution < 1.29 is 23.6 Å². The molecule has 24 heavy (non-hydrogen) atoms. The molecule has 3 rings (SSSR count). The molecule has 2 N–H and O–H groups in total. The van der Waals surface area contributed by atoms with Crippen molar-refractivity contribution in [1.82, 2.24) is 5.16 Å². The lowest BCUT2D eigenvalue weighted by Gasteiger charge is -2.08. The maximum atomic E-state index is 14.3. The summed E-state index contributed by atoms with van der Waals surface area (Å²) in [5.41, 5.74) is 2.08. The molecule has 0 spiro atoms. The van der Waals surface area contributed by atoms with Crippen molar-refractivity contribution in [3.63, 3.8) is 0 Å². The molecule has 0 unspecified atom stereocenters. The van der Waals surface area contributed by atoms with Crippen LogP contribution in [-0.4, -0.2) is 21.7 Å². The number of phenols is 1. The number of oxime groups is 1. The molecule has 0 saturated carbocycles. The van der Waals surface area contributed by atoms with Crippen LogP contribution in [0.4, 0.5) is 8.78 Å². The van der Waals surface area contributed by atoms with Gasteiger partial charge in [-0.15, -0.1) is 11.3 Å². The molecular weight excluding hydrogens is 338 g/mol. The number of hydrogen-bond donors (Lipinski definition) is 2. The number of thiophene rings is 1. The molecule has 0 atom stereocenters. The lowest BCUT2D eigenvalue weighted by Crippen LogP contribution is -1.92. The highest BCUT2D eigenvalue weighted by molar-refractivity contribution is 7.12. The summed E-state index contributed by atoms with van der Waals surface area (Å²) in [6, 6.07) is 1.65. The maximum Gasteiger partial charge on any atom is 0.165 e. The molecule has 2 heterocycles. The number of aryl methyl sites for hydroxylation is 2. The molecule has 0 amide bonds. The van der Waals surface area contributed by atoms with Crippen LogP contribution in [-0.2, 0) is 0 Å². The van der Waals surface area contributed by atoms with Gasteiger partial charge in [0.25, 0.3) is 0 Å². The summed E-state index contributed by atoms with van der Waals surface area (Å²) in [5.74, 6) is -1.96. The standard InChI is InChI=1S/C16H12F2N2O3S/c1-7-15(8(2)23-20-7)16-10(6-24-14(16)5-19-22)9-3-12(18)13(21)4-11(9)17/h3-6,21-22H,1-2H3/b19-5+. The largest absolute Gasteiger partial charge is 0.505 e. The highest BCUT2D eigenvalue weighted by atomic mass is 32.1. The number of phenolic OH excluding ortho intramolecular Hbond substituents is 1. The van der Waals surface area contributed by atoms with Gasteiger partial charge in [-0.25, -0.2) is 8.78 Å². The van der Waals surface area contributed by atoms with E-state index in [1.165, 1.54) is 17.6 Å². The minimum absolute atomic E-state index is 0.0193. The van der Waals surface area contributed by atoms with E-state index in [1.54, 1.807) is 19.2 Å². The summed E-state index contributed by atoms with van der Waals surface area (Å²) in [6.07, 6.45) is 1.21. The van der Waals surface area contributed by atoms with Gasteiger partial charge in [0.15, 0.2) is 11.6 Å². The quantitative estimate of drug-likeness (QED) is 0.415. The molecule has 0 aliphatic carbocycles. The van der Waals surface area contributed by atoms with Gasteiger partial charge >= 0.3 is 0 Å². The van der Waals surface area contributed by atoms with Crippen molar-refractivity contribution in [2.75, 3.05) is 0 Å². The van der Waals surface area contributed by atoms with Gasteiger partial charge in [-0.2, -0.15) is 0 Å². The number of rotatable bonds is 3. The van der Waals surface area contributed by atoms with E-state index in [9.17, 15) is 13.9 Å². The van der Waals surface area contributed by atoms with Gasteiger partial charge in [0.05, 0.1) is 16.8 Å². The highest BCUT2D eigenvalue weighted by Crippen LogP contribution is 2.43. The van der Waals surface area contributed by atoms with Crippen LogP contribution >= 0.6 is 11.3 Å². The van der Waals surface area contributed by atoms with Crippen molar-refractivity contribution in [1.29, 1.82) is 0 Å². The first-order chi connectivity index (χ1) is 11.4. The summed E-state index contributed by atoms with van der Waals surface area (Å²) in [4.78, 5) is 0.537. The molecule has 0 saturated heterocycles. The Morgan fingerprint density at radius 3 is 2.54 bits per heavy atom. The molecule has 0 bridgehead atoms. The number of nitrogens with zero attached hydrogens (tertiary/aromatic N) is 2. The molecule has 1 aromatic carbocycles. The van der Waals surface area contributed by atoms with Crippen LogP contribution in [0.15, 0.2) is 27.2 Å². The number of hydrogen-bond acceptors (Lipinski definition) is 6. The number of benzene rings is 1. The van der Waals surface area contributed by atoms with Crippen LogP contribution in [0.25, 0.3) is 22.3 Å². The normalized spacial score (nSPS) is 11.5. The van der Waals surface area contributed by atoms with Gasteiger partial charge in [-0.3, -0.25) is 0 Å². The van der Waals surface area contributed by atoms with Gasteiger partial charge in [0, 0.05) is 28.3 Å². The van der Waals surface area contributed by atoms with Gasteiger partial charge in [0.2, 0.25) is 0 Å². The molecule has 5 nitrogen and oxygen atoms in total. The first-order valence-corrected chi connectivity index (χ1v) is 7.72. The smallest absolute Gasteiger partial charge is 0.165 e. The van der Waals surface area contributed by atoms with Crippen LogP contribution in [0.5, 0.6) is 5.75 Å². The van der Waals surface area contributed by atoms with E-state index in [2.05, 4.69) is 10.3 Å². The highest BCUT2D eigenvalue weighted by Gasteiger charge is 2.23. The fourth-order valence-electron chi connectivity index (χ4n) is 2.56. The predicted molar refractivity (Wildman–Crippen MR) is 85.7 cm³/mol. The summed E-state index contributed by atoms with van der Waals surface area (Å²) in [6.45, 7) is 3.42. The SMILES string of the molecule is Cc1noc(C)c1-c1c(-c2cc(F)c(O)cc2F)csc1/C=N/O. The Bertz CT molecular complexity index is 928. The summed E-state index contributed by atoms with van der Waals surface area (Å²) in [5, 5.41) is 26.7. The van der Waals surface area contributed by atoms with Crippen molar-refractivity contribution in [3.8, 4) is 28.0 Å². The van der Waals surface area contributed by atoms with Gasteiger partial charge in [-0.05, 0) is 25.3 Å². The Kier molecular flexibility index (Phi) is 4.06. The fourth-order valence-corrected chi connectivity index (χ4v) is 3.49. The zero-order valence-corrected chi connectivity index (χ0v) is 13.5. The van der Waals surface area contributed by atoms with Gasteiger partial charge in [-0.1, -0.05) is 10.3 Å². The van der Waals surface area contributed by atoms with E-state index in [1.807, 2.05) is 0 Å². The molecule has 3 aromatic rings. The molecule has 0 fully saturated rings. The number of aromatic hydroxyl groups is 1. The molecule has 0 aliphatic rings. The Morgan fingerprint density at radius 2 is 1.92 bits per heavy atom. The average molecular weight is 350 g/mol. The third kappa shape index (κ3) is 2.54. The topological polar surface area (TPSA) is 78.9 Å². The Morgan fingerprint density at radius 1 is 1.17 bits per heavy atom. The van der Waals surface area contributed by atoms with Crippen molar-refractivity contribution in [3.05, 3.63) is 45.5 Å². The second-order valence-electron chi connectivity index (χ2n) is 5.12. The second-order valence-corrected chi connectivity index (χ2v) is 6.03. The molecule has 0 radical (unpaired) electrons. The van der Waals surface area contributed by atoms with E-state index >= 15 is 0 Å². The summed E-state index contributed by atoms with van der Waals surface area (Å²) >= 11 is 1.20. The van der Waals surface area contributed by atoms with Gasteiger partial charge < -0.3 is 14.8 Å². The molecule has 8 heteroatoms. The lowest BCUT2D eigenvalue weighted by molar-refractivity contribution is 0.322. The summed E-state index contributed by atoms with van der Waals surface area (Å²) < 4.78 is 33.2. The Hall–Kier alpha value is -2.74. The van der Waals surface area contributed by atoms with Crippen LogP contribution in [0.2, 0.25) is 0 Å². The number of aromatic nitrogens is 1. The van der Waals surface area contributed by atoms with Crippen molar-refractivity contribution in [2.45, 2.75) is 13.8 Å². The molecular formula is C16H12F2N2O3S. The van der Waals surface area contributed by atoms with E-state index in [0.717, 1.165) is 12.1 Å². The first kappa shape index (κ1) is 16.1. The van der Waals surface area contributed by atoms with Crippen LogP contribution < -0.4 is 0 Å². The van der Waals surface area contributed by atoms with E-state index < -0.39 is 17.4 Å². The first-order valence-electron chi connectivity index (χ1n) is 6.84. The van der Waals surface area contributed by atoms with Crippen LogP contribution in [0.3, 0.4) is 0 Å². The molecule has 0 aliphatic heterocycles. The molecule has 124 valence electrons. The lowest BCUT2D eigenvalue weighted by atomic mass is 9.95. The Labute approximate surface area is 139 Å². The number of halogens is 2. The third-order valence-electron chi connectivity index (χ3n) is 3.60.